The van der Waals surface area contributed by atoms with Gasteiger partial charge in [-0.3, -0.25) is 14.4 Å². The molecule has 1 aromatic rings. The zero-order valence-corrected chi connectivity index (χ0v) is 19.5. The molecule has 1 aliphatic carbocycles. The highest BCUT2D eigenvalue weighted by molar-refractivity contribution is 5.91. The van der Waals surface area contributed by atoms with Gasteiger partial charge < -0.3 is 20.4 Å². The molecule has 10 nitrogen and oxygen atoms in total. The van der Waals surface area contributed by atoms with Crippen LogP contribution in [0.5, 0.6) is 0 Å². The molecule has 2 saturated heterocycles. The lowest BCUT2D eigenvalue weighted by Crippen LogP contribution is -2.52. The minimum absolute atomic E-state index is 0.0920. The molecule has 0 aromatic carbocycles. The second-order valence-corrected chi connectivity index (χ2v) is 10.6. The largest absolute Gasteiger partial charge is 0.481 e. The fourth-order valence-electron chi connectivity index (χ4n) is 5.66. The molecule has 0 radical (unpaired) electrons. The van der Waals surface area contributed by atoms with E-state index in [2.05, 4.69) is 15.6 Å². The summed E-state index contributed by atoms with van der Waals surface area (Å²) in [6.07, 6.45) is 7.05. The Morgan fingerprint density at radius 1 is 1.18 bits per heavy atom. The molecule has 10 heteroatoms. The molecule has 0 spiro atoms. The third kappa shape index (κ3) is 4.76. The number of nitrogens with zero attached hydrogens (tertiary/aromatic N) is 4. The van der Waals surface area contributed by atoms with Crippen molar-refractivity contribution in [3.63, 3.8) is 0 Å². The van der Waals surface area contributed by atoms with Crippen LogP contribution in [0, 0.1) is 11.3 Å². The number of likely N-dealkylation sites (tertiary alicyclic amines) is 1. The Hall–Kier alpha value is -2.49. The van der Waals surface area contributed by atoms with Crippen LogP contribution in [0.3, 0.4) is 0 Å². The van der Waals surface area contributed by atoms with E-state index in [1.165, 1.54) is 0 Å². The fourth-order valence-corrected chi connectivity index (χ4v) is 5.66. The van der Waals surface area contributed by atoms with Crippen molar-refractivity contribution in [3.05, 3.63) is 11.9 Å². The maximum absolute atomic E-state index is 13.1. The summed E-state index contributed by atoms with van der Waals surface area (Å²) in [4.78, 5) is 38.9. The lowest BCUT2D eigenvalue weighted by Gasteiger charge is -2.40. The first-order valence-corrected chi connectivity index (χ1v) is 12.0. The summed E-state index contributed by atoms with van der Waals surface area (Å²) in [5.41, 5.74) is -1.02. The summed E-state index contributed by atoms with van der Waals surface area (Å²) in [5, 5.41) is 31.8. The minimum atomic E-state index is -1.01. The SMILES string of the molecule is CC1(C)NC(=O)CC1C(=O)N1CCC(Cc2cn([C@@H]3CCCCC[C@H]3O)nn2)(C(=O)O)CC1. The first-order chi connectivity index (χ1) is 15.6. The quantitative estimate of drug-likeness (QED) is 0.562. The highest BCUT2D eigenvalue weighted by Gasteiger charge is 2.48. The van der Waals surface area contributed by atoms with Crippen LogP contribution in [-0.2, 0) is 20.8 Å². The zero-order valence-electron chi connectivity index (χ0n) is 19.5. The van der Waals surface area contributed by atoms with Gasteiger partial charge in [0.25, 0.3) is 0 Å². The third-order valence-electron chi connectivity index (χ3n) is 7.87. The number of carboxylic acids is 1. The van der Waals surface area contributed by atoms with E-state index in [9.17, 15) is 24.6 Å². The summed E-state index contributed by atoms with van der Waals surface area (Å²) >= 11 is 0. The molecular weight excluding hydrogens is 426 g/mol. The van der Waals surface area contributed by atoms with Crippen LogP contribution >= 0.6 is 0 Å². The summed E-state index contributed by atoms with van der Waals surface area (Å²) < 4.78 is 1.70. The first-order valence-electron chi connectivity index (χ1n) is 12.0. The van der Waals surface area contributed by atoms with Crippen LogP contribution in [0.25, 0.3) is 0 Å². The molecular formula is C23H35N5O5. The highest BCUT2D eigenvalue weighted by atomic mass is 16.4. The number of nitrogens with one attached hydrogen (secondary N) is 1. The van der Waals surface area contributed by atoms with Crippen LogP contribution in [-0.4, -0.2) is 72.6 Å². The van der Waals surface area contributed by atoms with Gasteiger partial charge in [-0.2, -0.15) is 0 Å². The average molecular weight is 462 g/mol. The van der Waals surface area contributed by atoms with Crippen LogP contribution in [0.4, 0.5) is 0 Å². The predicted molar refractivity (Wildman–Crippen MR) is 118 cm³/mol. The zero-order chi connectivity index (χ0) is 23.8. The van der Waals surface area contributed by atoms with Crippen LogP contribution in [0.15, 0.2) is 6.20 Å². The van der Waals surface area contributed by atoms with Crippen molar-refractivity contribution >= 4 is 17.8 Å². The molecule has 182 valence electrons. The molecule has 1 saturated carbocycles. The molecule has 4 rings (SSSR count). The van der Waals surface area contributed by atoms with E-state index in [0.717, 1.165) is 32.1 Å². The number of carbonyl (C=O) groups excluding carboxylic acids is 2. The lowest BCUT2D eigenvalue weighted by atomic mass is 9.74. The number of amides is 2. The van der Waals surface area contributed by atoms with Crippen molar-refractivity contribution in [3.8, 4) is 0 Å². The van der Waals surface area contributed by atoms with Gasteiger partial charge in [-0.25, -0.2) is 4.68 Å². The van der Waals surface area contributed by atoms with Gasteiger partial charge in [-0.15, -0.1) is 5.10 Å². The van der Waals surface area contributed by atoms with Crippen molar-refractivity contribution in [2.45, 2.75) is 89.3 Å². The molecule has 3 aliphatic rings. The standard InChI is InChI=1S/C23H35N5O5/c1-22(2)16(12-19(30)24-22)20(31)27-10-8-23(9-11-27,21(32)33)13-15-14-28(26-25-15)17-6-4-3-5-7-18(17)29/h14,16-18,29H,3-13H2,1-2H3,(H,24,30)(H,32,33)/t16?,17-,18-/m1/s1. The van der Waals surface area contributed by atoms with E-state index in [1.807, 2.05) is 13.8 Å². The Morgan fingerprint density at radius 2 is 1.88 bits per heavy atom. The molecule has 1 unspecified atom stereocenters. The molecule has 2 amide bonds. The van der Waals surface area contributed by atoms with Gasteiger partial charge in [-0.05, 0) is 39.5 Å². The number of aromatic nitrogens is 3. The smallest absolute Gasteiger partial charge is 0.310 e. The molecule has 2 aliphatic heterocycles. The topological polar surface area (TPSA) is 138 Å². The lowest BCUT2D eigenvalue weighted by molar-refractivity contribution is -0.155. The molecule has 3 heterocycles. The number of aliphatic hydroxyl groups excluding tert-OH is 1. The molecule has 3 atom stereocenters. The Morgan fingerprint density at radius 3 is 2.52 bits per heavy atom. The van der Waals surface area contributed by atoms with Crippen molar-refractivity contribution in [1.29, 1.82) is 0 Å². The maximum atomic E-state index is 13.1. The molecule has 33 heavy (non-hydrogen) atoms. The Bertz CT molecular complexity index is 905. The number of hydrogen-bond donors (Lipinski definition) is 3. The van der Waals surface area contributed by atoms with Crippen molar-refractivity contribution in [1.82, 2.24) is 25.2 Å². The number of aliphatic carboxylic acids is 1. The van der Waals surface area contributed by atoms with Crippen molar-refractivity contribution in [2.24, 2.45) is 11.3 Å². The van der Waals surface area contributed by atoms with E-state index < -0.39 is 28.9 Å². The summed E-state index contributed by atoms with van der Waals surface area (Å²) in [5.74, 6) is -1.55. The van der Waals surface area contributed by atoms with Gasteiger partial charge >= 0.3 is 5.97 Å². The number of hydrogen-bond acceptors (Lipinski definition) is 6. The molecule has 3 N–H and O–H groups in total. The van der Waals surface area contributed by atoms with E-state index in [0.29, 0.717) is 31.6 Å². The van der Waals surface area contributed by atoms with Crippen molar-refractivity contribution < 1.29 is 24.6 Å². The maximum Gasteiger partial charge on any atom is 0.310 e. The minimum Gasteiger partial charge on any atom is -0.481 e. The number of aliphatic hydroxyl groups is 1. The predicted octanol–water partition coefficient (Wildman–Crippen LogP) is 1.29. The first kappa shape index (κ1) is 23.7. The fraction of sp³-hybridized carbons (Fsp3) is 0.783. The van der Waals surface area contributed by atoms with Crippen LogP contribution in [0.1, 0.15) is 76.9 Å². The Balaban J connectivity index is 1.42. The molecule has 1 aromatic heterocycles. The molecule has 3 fully saturated rings. The van der Waals surface area contributed by atoms with Crippen molar-refractivity contribution in [2.75, 3.05) is 13.1 Å². The molecule has 0 bridgehead atoms. The van der Waals surface area contributed by atoms with Gasteiger partial charge in [0.1, 0.15) is 0 Å². The van der Waals surface area contributed by atoms with E-state index in [-0.39, 0.29) is 30.7 Å². The normalized spacial score (nSPS) is 29.4. The van der Waals surface area contributed by atoms with E-state index in [1.54, 1.807) is 15.8 Å². The van der Waals surface area contributed by atoms with E-state index >= 15 is 0 Å². The van der Waals surface area contributed by atoms with E-state index in [4.69, 9.17) is 0 Å². The van der Waals surface area contributed by atoms with Gasteiger partial charge in [0.2, 0.25) is 11.8 Å². The highest BCUT2D eigenvalue weighted by Crippen LogP contribution is 2.37. The number of carboxylic acid groups (broad SMARTS) is 1. The number of carbonyl (C=O) groups is 3. The summed E-state index contributed by atoms with van der Waals surface area (Å²) in [6, 6.07) is -0.125. The third-order valence-corrected chi connectivity index (χ3v) is 7.87. The summed E-state index contributed by atoms with van der Waals surface area (Å²) in [6.45, 7) is 4.36. The van der Waals surface area contributed by atoms with Gasteiger partial charge in [-0.1, -0.05) is 24.5 Å². The number of rotatable bonds is 5. The second kappa shape index (κ2) is 9.04. The van der Waals surface area contributed by atoms with Gasteiger partial charge in [0.15, 0.2) is 0 Å². The van der Waals surface area contributed by atoms with Gasteiger partial charge in [0.05, 0.1) is 29.2 Å². The average Bonchev–Trinajstić information content (AvgIpc) is 3.24. The monoisotopic (exact) mass is 461 g/mol. The van der Waals surface area contributed by atoms with Crippen LogP contribution < -0.4 is 5.32 Å². The van der Waals surface area contributed by atoms with Gasteiger partial charge in [0, 0.05) is 37.7 Å². The van der Waals surface area contributed by atoms with Crippen LogP contribution in [0.2, 0.25) is 0 Å². The number of piperidine rings is 1. The summed E-state index contributed by atoms with van der Waals surface area (Å²) in [7, 11) is 0. The second-order valence-electron chi connectivity index (χ2n) is 10.6. The Labute approximate surface area is 193 Å². The Kier molecular flexibility index (Phi) is 6.48.